The van der Waals surface area contributed by atoms with Gasteiger partial charge in [0.15, 0.2) is 12.4 Å². The van der Waals surface area contributed by atoms with Crippen molar-refractivity contribution in [3.8, 4) is 17.0 Å². The Bertz CT molecular complexity index is 593. The van der Waals surface area contributed by atoms with Crippen LogP contribution in [0.15, 0.2) is 41.2 Å². The van der Waals surface area contributed by atoms with Crippen LogP contribution < -0.4 is 10.3 Å². The van der Waals surface area contributed by atoms with Crippen LogP contribution in [0, 0.1) is 6.07 Å². The number of ether oxygens (including phenoxy) is 2. The van der Waals surface area contributed by atoms with Crippen LogP contribution in [0.1, 0.15) is 6.92 Å². The average Bonchev–Trinajstić information content (AvgIpc) is 2.45. The first-order valence-electron chi connectivity index (χ1n) is 6.10. The van der Waals surface area contributed by atoms with E-state index in [0.29, 0.717) is 6.54 Å². The Morgan fingerprint density at radius 1 is 1.20 bits per heavy atom. The number of rotatable bonds is 5. The van der Waals surface area contributed by atoms with Gasteiger partial charge < -0.3 is 14.0 Å². The molecular formula is C15H16NO3Y-. The summed E-state index contributed by atoms with van der Waals surface area (Å²) in [5, 5.41) is 0. The maximum Gasteiger partial charge on any atom is 0.194 e. The van der Waals surface area contributed by atoms with Gasteiger partial charge in [0.05, 0.1) is 0 Å². The molecule has 0 amide bonds. The number of pyridine rings is 1. The Balaban J connectivity index is 0.00000200. The molecule has 0 unspecified atom stereocenters. The number of aromatic nitrogens is 1. The van der Waals surface area contributed by atoms with Crippen molar-refractivity contribution in [2.24, 2.45) is 0 Å². The summed E-state index contributed by atoms with van der Waals surface area (Å²) >= 11 is 0. The molecule has 2 aromatic rings. The normalized spacial score (nSPS) is 9.90. The van der Waals surface area contributed by atoms with Gasteiger partial charge in [-0.05, 0) is 19.1 Å². The van der Waals surface area contributed by atoms with E-state index < -0.39 is 0 Å². The molecule has 1 heterocycles. The molecule has 0 atom stereocenters. The van der Waals surface area contributed by atoms with Crippen LogP contribution in [-0.4, -0.2) is 18.5 Å². The molecule has 1 aromatic heterocycles. The van der Waals surface area contributed by atoms with Crippen LogP contribution in [0.4, 0.5) is 0 Å². The van der Waals surface area contributed by atoms with E-state index in [0.717, 1.165) is 17.0 Å². The Hall–Kier alpha value is -0.966. The average molecular weight is 347 g/mol. The number of nitrogens with zero attached hydrogens (tertiary/aromatic N) is 1. The molecule has 0 aliphatic carbocycles. The van der Waals surface area contributed by atoms with E-state index in [4.69, 9.17) is 9.47 Å². The molecule has 2 rings (SSSR count). The summed E-state index contributed by atoms with van der Waals surface area (Å²) in [7, 11) is 1.58. The van der Waals surface area contributed by atoms with E-state index in [1.807, 2.05) is 31.2 Å². The number of hydrogen-bond acceptors (Lipinski definition) is 3. The fourth-order valence-corrected chi connectivity index (χ4v) is 1.86. The van der Waals surface area contributed by atoms with Crippen molar-refractivity contribution in [1.29, 1.82) is 0 Å². The van der Waals surface area contributed by atoms with Gasteiger partial charge in [0, 0.05) is 46.4 Å². The summed E-state index contributed by atoms with van der Waals surface area (Å²) < 4.78 is 11.8. The van der Waals surface area contributed by atoms with Gasteiger partial charge >= 0.3 is 0 Å². The van der Waals surface area contributed by atoms with Gasteiger partial charge in [-0.1, -0.05) is 17.3 Å². The van der Waals surface area contributed by atoms with E-state index in [-0.39, 0.29) is 45.1 Å². The quantitative estimate of drug-likeness (QED) is 0.616. The molecule has 0 saturated heterocycles. The summed E-state index contributed by atoms with van der Waals surface area (Å²) in [6.07, 6.45) is 0. The molecule has 20 heavy (non-hydrogen) atoms. The van der Waals surface area contributed by atoms with Crippen molar-refractivity contribution < 1.29 is 42.2 Å². The molecule has 0 fully saturated rings. The first-order valence-corrected chi connectivity index (χ1v) is 6.10. The van der Waals surface area contributed by atoms with Crippen molar-refractivity contribution in [2.75, 3.05) is 13.9 Å². The van der Waals surface area contributed by atoms with Crippen molar-refractivity contribution in [3.63, 3.8) is 0 Å². The second-order valence-corrected chi connectivity index (χ2v) is 3.98. The fourth-order valence-electron chi connectivity index (χ4n) is 1.86. The molecule has 0 aliphatic heterocycles. The number of methoxy groups -OCH3 is 1. The maximum atomic E-state index is 11.8. The predicted molar refractivity (Wildman–Crippen MR) is 73.2 cm³/mol. The monoisotopic (exact) mass is 347 g/mol. The molecule has 1 radical (unpaired) electrons. The van der Waals surface area contributed by atoms with Gasteiger partial charge in [0.2, 0.25) is 0 Å². The zero-order valence-corrected chi connectivity index (χ0v) is 14.5. The third-order valence-electron chi connectivity index (χ3n) is 2.77. The van der Waals surface area contributed by atoms with Gasteiger partial charge in [-0.2, -0.15) is 12.1 Å². The first-order chi connectivity index (χ1) is 9.26. The Kier molecular flexibility index (Phi) is 7.13. The van der Waals surface area contributed by atoms with E-state index >= 15 is 0 Å². The number of benzene rings is 1. The van der Waals surface area contributed by atoms with Gasteiger partial charge in [-0.25, -0.2) is 0 Å². The second-order valence-electron chi connectivity index (χ2n) is 3.98. The van der Waals surface area contributed by atoms with Crippen molar-refractivity contribution in [3.05, 3.63) is 52.8 Å². The van der Waals surface area contributed by atoms with Crippen molar-refractivity contribution in [2.45, 2.75) is 13.5 Å². The van der Waals surface area contributed by atoms with Gasteiger partial charge in [-0.3, -0.25) is 4.79 Å². The van der Waals surface area contributed by atoms with E-state index in [1.54, 1.807) is 17.7 Å². The molecule has 5 heteroatoms. The summed E-state index contributed by atoms with van der Waals surface area (Å²) in [5.74, 6) is 0.729. The van der Waals surface area contributed by atoms with E-state index in [1.165, 1.54) is 6.07 Å². The van der Waals surface area contributed by atoms with Crippen LogP contribution in [-0.2, 0) is 44.0 Å². The van der Waals surface area contributed by atoms with Crippen LogP contribution in [0.2, 0.25) is 0 Å². The zero-order chi connectivity index (χ0) is 13.7. The van der Waals surface area contributed by atoms with Gasteiger partial charge in [0.25, 0.3) is 0 Å². The molecule has 1 aromatic carbocycles. The zero-order valence-electron chi connectivity index (χ0n) is 11.6. The van der Waals surface area contributed by atoms with Crippen LogP contribution in [0.25, 0.3) is 11.3 Å². The van der Waals surface area contributed by atoms with E-state index in [9.17, 15) is 4.79 Å². The van der Waals surface area contributed by atoms with Crippen LogP contribution in [0.3, 0.4) is 0 Å². The largest absolute Gasteiger partial charge is 0.468 e. The topological polar surface area (TPSA) is 40.5 Å². The molecule has 0 saturated carbocycles. The standard InChI is InChI=1S/C15H16NO3.Y/c1-3-16-14(5-4-6-15(16)17)12-7-9-13(10-8-12)19-11-18-2;/h4,6-10H,3,11H2,1-2H3;/q-1;. The molecule has 0 bridgehead atoms. The van der Waals surface area contributed by atoms with Crippen molar-refractivity contribution in [1.82, 2.24) is 4.57 Å². The smallest absolute Gasteiger partial charge is 0.194 e. The molecular weight excluding hydrogens is 331 g/mol. The Labute approximate surface area is 143 Å². The summed E-state index contributed by atoms with van der Waals surface area (Å²) in [4.78, 5) is 11.8. The molecule has 0 aliphatic rings. The van der Waals surface area contributed by atoms with Crippen molar-refractivity contribution >= 4 is 0 Å². The second kappa shape index (κ2) is 8.35. The van der Waals surface area contributed by atoms with Crippen LogP contribution in [0.5, 0.6) is 5.75 Å². The first kappa shape index (κ1) is 17.1. The number of hydrogen-bond donors (Lipinski definition) is 0. The van der Waals surface area contributed by atoms with Crippen LogP contribution >= 0.6 is 0 Å². The fraction of sp³-hybridized carbons (Fsp3) is 0.267. The summed E-state index contributed by atoms with van der Waals surface area (Å²) in [6.45, 7) is 2.78. The predicted octanol–water partition coefficient (Wildman–Crippen LogP) is 2.32. The summed E-state index contributed by atoms with van der Waals surface area (Å²) in [5.41, 5.74) is 1.70. The third kappa shape index (κ3) is 4.01. The third-order valence-corrected chi connectivity index (χ3v) is 2.77. The Morgan fingerprint density at radius 3 is 2.50 bits per heavy atom. The molecule has 0 spiro atoms. The summed E-state index contributed by atoms with van der Waals surface area (Å²) in [6, 6.07) is 13.8. The SMILES string of the molecule is CCn1c(-c2ccc(OCOC)cc2)[c-]ccc1=O.[Y]. The van der Waals surface area contributed by atoms with Gasteiger partial charge in [-0.15, -0.1) is 12.1 Å². The van der Waals surface area contributed by atoms with E-state index in [2.05, 4.69) is 6.07 Å². The molecule has 103 valence electrons. The minimum Gasteiger partial charge on any atom is -0.468 e. The molecule has 0 N–H and O–H groups in total. The Morgan fingerprint density at radius 2 is 1.90 bits per heavy atom. The minimum absolute atomic E-state index is 0. The molecule has 4 nitrogen and oxygen atoms in total. The maximum absolute atomic E-state index is 11.8. The minimum atomic E-state index is -0.0176. The van der Waals surface area contributed by atoms with Gasteiger partial charge in [0.1, 0.15) is 5.75 Å².